The first-order valence-corrected chi connectivity index (χ1v) is 7.52. The summed E-state index contributed by atoms with van der Waals surface area (Å²) in [6.45, 7) is 9.27. The van der Waals surface area contributed by atoms with Crippen molar-refractivity contribution in [2.75, 3.05) is 13.1 Å². The molecule has 1 saturated heterocycles. The number of nitrogens with one attached hydrogen (secondary N) is 1. The molecule has 1 aliphatic rings. The zero-order valence-electron chi connectivity index (χ0n) is 14.0. The molecule has 2 amide bonds. The minimum absolute atomic E-state index is 0.0115. The molecule has 6 heteroatoms. The van der Waals surface area contributed by atoms with Gasteiger partial charge in [0.2, 0.25) is 11.8 Å². The lowest BCUT2D eigenvalue weighted by molar-refractivity contribution is -0.160. The van der Waals surface area contributed by atoms with Crippen LogP contribution in [0.4, 0.5) is 0 Å². The van der Waals surface area contributed by atoms with E-state index in [1.165, 1.54) is 6.92 Å². The van der Waals surface area contributed by atoms with Crippen LogP contribution in [0.1, 0.15) is 41.0 Å². The molecule has 2 unspecified atom stereocenters. The van der Waals surface area contributed by atoms with Crippen molar-refractivity contribution in [1.82, 2.24) is 10.2 Å². The largest absolute Gasteiger partial charge is 0.459 e. The predicted molar refractivity (Wildman–Crippen MR) is 83.0 cm³/mol. The minimum atomic E-state index is -0.566. The Labute approximate surface area is 131 Å². The van der Waals surface area contributed by atoms with Gasteiger partial charge in [0, 0.05) is 13.5 Å². The average Bonchev–Trinajstić information content (AvgIpc) is 2.69. The van der Waals surface area contributed by atoms with Crippen LogP contribution in [0.15, 0.2) is 12.2 Å². The molecule has 0 aromatic heterocycles. The normalized spacial score (nSPS) is 22.8. The van der Waals surface area contributed by atoms with E-state index in [1.807, 2.05) is 39.8 Å². The number of rotatable bonds is 4. The van der Waals surface area contributed by atoms with E-state index in [4.69, 9.17) is 4.74 Å². The van der Waals surface area contributed by atoms with E-state index >= 15 is 0 Å². The van der Waals surface area contributed by atoms with Crippen LogP contribution in [0.3, 0.4) is 0 Å². The average molecular weight is 310 g/mol. The molecule has 0 saturated carbocycles. The number of hydrogen-bond donors (Lipinski definition) is 1. The minimum Gasteiger partial charge on any atom is -0.459 e. The van der Waals surface area contributed by atoms with Crippen molar-refractivity contribution in [3.05, 3.63) is 12.2 Å². The number of ether oxygens (including phenoxy) is 1. The van der Waals surface area contributed by atoms with E-state index in [0.717, 1.165) is 0 Å². The van der Waals surface area contributed by atoms with E-state index < -0.39 is 23.5 Å². The Hall–Kier alpha value is -1.69. The van der Waals surface area contributed by atoms with Crippen LogP contribution >= 0.6 is 0 Å². The first kappa shape index (κ1) is 18.4. The van der Waals surface area contributed by atoms with Crippen molar-refractivity contribution in [2.24, 2.45) is 5.92 Å². The van der Waals surface area contributed by atoms with Crippen LogP contribution in [-0.2, 0) is 19.1 Å². The highest BCUT2D eigenvalue weighted by Gasteiger charge is 2.39. The summed E-state index contributed by atoms with van der Waals surface area (Å²) in [6.07, 6.45) is 4.59. The van der Waals surface area contributed by atoms with Crippen LogP contribution in [0.5, 0.6) is 0 Å². The lowest BCUT2D eigenvalue weighted by Gasteiger charge is -2.26. The maximum Gasteiger partial charge on any atom is 0.323 e. The van der Waals surface area contributed by atoms with Gasteiger partial charge in [-0.2, -0.15) is 0 Å². The van der Waals surface area contributed by atoms with Crippen LogP contribution in [0.25, 0.3) is 0 Å². The highest BCUT2D eigenvalue weighted by molar-refractivity contribution is 5.95. The Morgan fingerprint density at radius 1 is 1.32 bits per heavy atom. The lowest BCUT2D eigenvalue weighted by atomic mass is 10.1. The summed E-state index contributed by atoms with van der Waals surface area (Å²) in [5, 5.41) is 2.23. The third kappa shape index (κ3) is 5.97. The lowest BCUT2D eigenvalue weighted by Crippen LogP contribution is -2.45. The molecule has 1 aliphatic heterocycles. The molecule has 0 spiro atoms. The zero-order chi connectivity index (χ0) is 16.9. The van der Waals surface area contributed by atoms with E-state index in [9.17, 15) is 14.4 Å². The topological polar surface area (TPSA) is 75.7 Å². The van der Waals surface area contributed by atoms with Gasteiger partial charge >= 0.3 is 5.97 Å². The van der Waals surface area contributed by atoms with Crippen LogP contribution in [0, 0.1) is 5.92 Å². The summed E-state index contributed by atoms with van der Waals surface area (Å²) in [5.74, 6) is -0.923. The van der Waals surface area contributed by atoms with Crippen LogP contribution in [-0.4, -0.2) is 47.4 Å². The molecule has 1 fully saturated rings. The Kier molecular flexibility index (Phi) is 6.29. The molecular formula is C16H26N2O4. The maximum atomic E-state index is 12.3. The van der Waals surface area contributed by atoms with E-state index in [1.54, 1.807) is 4.90 Å². The maximum absolute atomic E-state index is 12.3. The molecule has 6 nitrogen and oxygen atoms in total. The summed E-state index contributed by atoms with van der Waals surface area (Å²) in [6, 6.07) is -0.460. The Balaban J connectivity index is 2.78. The summed E-state index contributed by atoms with van der Waals surface area (Å²) in [5.41, 5.74) is -0.566. The highest BCUT2D eigenvalue weighted by atomic mass is 16.6. The second-order valence-corrected chi connectivity index (χ2v) is 6.60. The summed E-state index contributed by atoms with van der Waals surface area (Å²) >= 11 is 0. The third-order valence-electron chi connectivity index (χ3n) is 3.24. The van der Waals surface area contributed by atoms with Gasteiger partial charge in [0.15, 0.2) is 0 Å². The Bertz CT molecular complexity index is 465. The van der Waals surface area contributed by atoms with Crippen molar-refractivity contribution in [2.45, 2.75) is 52.7 Å². The fourth-order valence-electron chi connectivity index (χ4n) is 2.56. The zero-order valence-corrected chi connectivity index (χ0v) is 14.0. The molecule has 0 bridgehead atoms. The first-order valence-electron chi connectivity index (χ1n) is 7.52. The number of carbonyl (C=O) groups is 3. The standard InChI is InChI=1S/C16H26N2O4/c1-6-7-12-8-13(15(21)22-16(3,4)5)18(9-12)10-14(20)17-11(2)19/h6-7,12-13H,8-10H2,1-5H3,(H,17,19,20)/b7-6-. The van der Waals surface area contributed by atoms with Crippen molar-refractivity contribution in [3.8, 4) is 0 Å². The van der Waals surface area contributed by atoms with Crippen molar-refractivity contribution in [1.29, 1.82) is 0 Å². The van der Waals surface area contributed by atoms with Crippen molar-refractivity contribution in [3.63, 3.8) is 0 Å². The van der Waals surface area contributed by atoms with Gasteiger partial charge in [0.25, 0.3) is 0 Å². The summed E-state index contributed by atoms with van der Waals surface area (Å²) in [4.78, 5) is 36.8. The Morgan fingerprint density at radius 3 is 2.45 bits per heavy atom. The molecular weight excluding hydrogens is 284 g/mol. The van der Waals surface area contributed by atoms with Gasteiger partial charge in [-0.1, -0.05) is 12.2 Å². The van der Waals surface area contributed by atoms with Gasteiger partial charge in [-0.05, 0) is 40.0 Å². The highest BCUT2D eigenvalue weighted by Crippen LogP contribution is 2.26. The number of carbonyl (C=O) groups excluding carboxylic acids is 3. The summed E-state index contributed by atoms with van der Waals surface area (Å²) in [7, 11) is 0. The smallest absolute Gasteiger partial charge is 0.323 e. The first-order chi connectivity index (χ1) is 10.1. The van der Waals surface area contributed by atoms with Gasteiger partial charge < -0.3 is 4.74 Å². The fraction of sp³-hybridized carbons (Fsp3) is 0.688. The van der Waals surface area contributed by atoms with Crippen molar-refractivity contribution >= 4 is 17.8 Å². The number of nitrogens with zero attached hydrogens (tertiary/aromatic N) is 1. The molecule has 0 radical (unpaired) electrons. The monoisotopic (exact) mass is 310 g/mol. The van der Waals surface area contributed by atoms with Gasteiger partial charge in [-0.15, -0.1) is 0 Å². The molecule has 2 atom stereocenters. The second kappa shape index (κ2) is 7.54. The van der Waals surface area contributed by atoms with E-state index in [-0.39, 0.29) is 18.4 Å². The van der Waals surface area contributed by atoms with Gasteiger partial charge in [-0.3, -0.25) is 24.6 Å². The Morgan fingerprint density at radius 2 is 1.95 bits per heavy atom. The summed E-state index contributed by atoms with van der Waals surface area (Å²) < 4.78 is 5.44. The van der Waals surface area contributed by atoms with Crippen LogP contribution < -0.4 is 5.32 Å². The number of hydrogen-bond acceptors (Lipinski definition) is 5. The number of imide groups is 1. The third-order valence-corrected chi connectivity index (χ3v) is 3.24. The fourth-order valence-corrected chi connectivity index (χ4v) is 2.56. The van der Waals surface area contributed by atoms with E-state index in [2.05, 4.69) is 5.32 Å². The number of likely N-dealkylation sites (tertiary alicyclic amines) is 1. The number of amides is 2. The predicted octanol–water partition coefficient (Wildman–Crippen LogP) is 1.26. The quantitative estimate of drug-likeness (QED) is 0.625. The second-order valence-electron chi connectivity index (χ2n) is 6.60. The molecule has 1 rings (SSSR count). The molecule has 0 aromatic carbocycles. The molecule has 0 aliphatic carbocycles. The van der Waals surface area contributed by atoms with Gasteiger partial charge in [-0.25, -0.2) is 0 Å². The molecule has 124 valence electrons. The molecule has 1 heterocycles. The van der Waals surface area contributed by atoms with Gasteiger partial charge in [0.05, 0.1) is 6.54 Å². The van der Waals surface area contributed by atoms with Crippen molar-refractivity contribution < 1.29 is 19.1 Å². The SMILES string of the molecule is C/C=C\C1CC(C(=O)OC(C)(C)C)N(CC(=O)NC(C)=O)C1. The molecule has 22 heavy (non-hydrogen) atoms. The van der Waals surface area contributed by atoms with Crippen LogP contribution in [0.2, 0.25) is 0 Å². The van der Waals surface area contributed by atoms with Gasteiger partial charge in [0.1, 0.15) is 11.6 Å². The number of allylic oxidation sites excluding steroid dienone is 1. The van der Waals surface area contributed by atoms with E-state index in [0.29, 0.717) is 13.0 Å². The molecule has 1 N–H and O–H groups in total. The number of esters is 1. The molecule has 0 aromatic rings.